The maximum atomic E-state index is 12.4. The topological polar surface area (TPSA) is 58.6 Å². The molecular formula is C15H26N2O3. The van der Waals surface area contributed by atoms with Crippen LogP contribution in [0, 0.1) is 5.92 Å². The number of nitrogens with one attached hydrogen (secondary N) is 1. The molecule has 2 atom stereocenters. The predicted molar refractivity (Wildman–Crippen MR) is 76.2 cm³/mol. The zero-order chi connectivity index (χ0) is 15.1. The summed E-state index contributed by atoms with van der Waals surface area (Å²) in [5.74, 6) is 0.257. The average Bonchev–Trinajstić information content (AvgIpc) is 3.14. The first-order valence-corrected chi connectivity index (χ1v) is 7.42. The minimum absolute atomic E-state index is 0.00323. The molecular weight excluding hydrogens is 256 g/mol. The summed E-state index contributed by atoms with van der Waals surface area (Å²) in [4.78, 5) is 26.5. The quantitative estimate of drug-likeness (QED) is 0.846. The van der Waals surface area contributed by atoms with Crippen LogP contribution in [0.2, 0.25) is 0 Å². The van der Waals surface area contributed by atoms with Gasteiger partial charge in [0.05, 0.1) is 12.2 Å². The van der Waals surface area contributed by atoms with Crippen molar-refractivity contribution in [3.63, 3.8) is 0 Å². The third-order valence-corrected chi connectivity index (χ3v) is 4.23. The number of amides is 2. The molecule has 2 rings (SSSR count). The Hall–Kier alpha value is -1.10. The monoisotopic (exact) mass is 282 g/mol. The zero-order valence-corrected chi connectivity index (χ0v) is 13.2. The van der Waals surface area contributed by atoms with Gasteiger partial charge in [0.25, 0.3) is 0 Å². The minimum Gasteiger partial charge on any atom is -0.374 e. The van der Waals surface area contributed by atoms with E-state index in [1.165, 1.54) is 0 Å². The van der Waals surface area contributed by atoms with Gasteiger partial charge in [-0.2, -0.15) is 0 Å². The molecule has 1 heterocycles. The Labute approximate surface area is 121 Å². The molecule has 114 valence electrons. The van der Waals surface area contributed by atoms with E-state index in [4.69, 9.17) is 4.74 Å². The Bertz CT molecular complexity index is 412. The third-order valence-electron chi connectivity index (χ3n) is 4.23. The van der Waals surface area contributed by atoms with Crippen molar-refractivity contribution < 1.29 is 14.3 Å². The van der Waals surface area contributed by atoms with Gasteiger partial charge in [0.15, 0.2) is 0 Å². The van der Waals surface area contributed by atoms with Crippen molar-refractivity contribution in [2.75, 3.05) is 13.2 Å². The summed E-state index contributed by atoms with van der Waals surface area (Å²) < 4.78 is 5.72. The van der Waals surface area contributed by atoms with E-state index < -0.39 is 11.6 Å². The molecule has 1 saturated carbocycles. The van der Waals surface area contributed by atoms with Gasteiger partial charge in [-0.15, -0.1) is 0 Å². The van der Waals surface area contributed by atoms with E-state index in [1.807, 2.05) is 27.7 Å². The number of nitrogens with zero attached hydrogens (tertiary/aromatic N) is 1. The Morgan fingerprint density at radius 1 is 1.35 bits per heavy atom. The number of piperazine rings is 1. The van der Waals surface area contributed by atoms with E-state index in [1.54, 1.807) is 11.8 Å². The van der Waals surface area contributed by atoms with Gasteiger partial charge in [0.1, 0.15) is 11.6 Å². The van der Waals surface area contributed by atoms with E-state index in [-0.39, 0.29) is 23.3 Å². The Kier molecular flexibility index (Phi) is 3.84. The summed E-state index contributed by atoms with van der Waals surface area (Å²) in [5, 5.41) is 2.81. The standard InChI is InChI=1S/C15H26N2O3/c1-10-12(18)17(8-9-20-14(2,3)4)15(5,11-6-7-11)13(19)16-10/h10-11H,6-9H2,1-5H3,(H,16,19). The fraction of sp³-hybridized carbons (Fsp3) is 0.867. The molecule has 0 aromatic rings. The third kappa shape index (κ3) is 2.82. The molecule has 0 aromatic heterocycles. The van der Waals surface area contributed by atoms with E-state index in [9.17, 15) is 9.59 Å². The molecule has 2 fully saturated rings. The molecule has 5 heteroatoms. The number of hydrogen-bond donors (Lipinski definition) is 1. The molecule has 0 spiro atoms. The van der Waals surface area contributed by atoms with Crippen molar-refractivity contribution in [1.82, 2.24) is 10.2 Å². The Morgan fingerprint density at radius 2 is 1.95 bits per heavy atom. The largest absolute Gasteiger partial charge is 0.374 e. The lowest BCUT2D eigenvalue weighted by Crippen LogP contribution is -2.70. The highest BCUT2D eigenvalue weighted by Crippen LogP contribution is 2.44. The van der Waals surface area contributed by atoms with Crippen LogP contribution in [0.3, 0.4) is 0 Å². The Balaban J connectivity index is 2.11. The highest BCUT2D eigenvalue weighted by molar-refractivity contribution is 5.99. The van der Waals surface area contributed by atoms with Gasteiger partial charge >= 0.3 is 0 Å². The lowest BCUT2D eigenvalue weighted by Gasteiger charge is -2.46. The van der Waals surface area contributed by atoms with Crippen LogP contribution in [-0.4, -0.2) is 47.0 Å². The van der Waals surface area contributed by atoms with Gasteiger partial charge in [-0.3, -0.25) is 9.59 Å². The zero-order valence-electron chi connectivity index (χ0n) is 13.2. The van der Waals surface area contributed by atoms with Crippen LogP contribution >= 0.6 is 0 Å². The second-order valence-corrected chi connectivity index (χ2v) is 7.07. The summed E-state index contributed by atoms with van der Waals surface area (Å²) in [6, 6.07) is -0.441. The fourth-order valence-electron chi connectivity index (χ4n) is 2.83. The molecule has 1 saturated heterocycles. The SMILES string of the molecule is CC1NC(=O)C(C)(C2CC2)N(CCOC(C)(C)C)C1=O. The van der Waals surface area contributed by atoms with E-state index in [0.717, 1.165) is 12.8 Å². The van der Waals surface area contributed by atoms with Crippen molar-refractivity contribution in [3.8, 4) is 0 Å². The summed E-state index contributed by atoms with van der Waals surface area (Å²) in [5.41, 5.74) is -0.937. The van der Waals surface area contributed by atoms with Crippen molar-refractivity contribution >= 4 is 11.8 Å². The lowest BCUT2D eigenvalue weighted by molar-refractivity contribution is -0.159. The van der Waals surface area contributed by atoms with Crippen LogP contribution in [0.25, 0.3) is 0 Å². The summed E-state index contributed by atoms with van der Waals surface area (Å²) in [6.07, 6.45) is 2.03. The first kappa shape index (κ1) is 15.3. The van der Waals surface area contributed by atoms with Gasteiger partial charge in [-0.25, -0.2) is 0 Å². The normalized spacial score (nSPS) is 31.4. The lowest BCUT2D eigenvalue weighted by atomic mass is 9.88. The van der Waals surface area contributed by atoms with E-state index in [2.05, 4.69) is 5.32 Å². The molecule has 2 amide bonds. The number of rotatable bonds is 4. The van der Waals surface area contributed by atoms with E-state index in [0.29, 0.717) is 13.2 Å². The van der Waals surface area contributed by atoms with Gasteiger partial charge in [0, 0.05) is 6.54 Å². The maximum Gasteiger partial charge on any atom is 0.246 e. The van der Waals surface area contributed by atoms with E-state index >= 15 is 0 Å². The van der Waals surface area contributed by atoms with Crippen LogP contribution in [-0.2, 0) is 14.3 Å². The van der Waals surface area contributed by atoms with Crippen LogP contribution in [0.5, 0.6) is 0 Å². The number of hydrogen-bond acceptors (Lipinski definition) is 3. The van der Waals surface area contributed by atoms with Crippen molar-refractivity contribution in [1.29, 1.82) is 0 Å². The van der Waals surface area contributed by atoms with Crippen LogP contribution < -0.4 is 5.32 Å². The van der Waals surface area contributed by atoms with Gasteiger partial charge in [-0.1, -0.05) is 0 Å². The van der Waals surface area contributed by atoms with Crippen LogP contribution in [0.15, 0.2) is 0 Å². The second kappa shape index (κ2) is 5.02. The predicted octanol–water partition coefficient (Wildman–Crippen LogP) is 1.32. The average molecular weight is 282 g/mol. The molecule has 1 aliphatic heterocycles. The summed E-state index contributed by atoms with van der Waals surface area (Å²) >= 11 is 0. The maximum absolute atomic E-state index is 12.4. The molecule has 0 bridgehead atoms. The molecule has 2 unspecified atom stereocenters. The molecule has 1 N–H and O–H groups in total. The van der Waals surface area contributed by atoms with Crippen LogP contribution in [0.4, 0.5) is 0 Å². The number of carbonyl (C=O) groups excluding carboxylic acids is 2. The van der Waals surface area contributed by atoms with Gasteiger partial charge < -0.3 is 15.0 Å². The number of carbonyl (C=O) groups is 2. The van der Waals surface area contributed by atoms with Crippen LogP contribution in [0.1, 0.15) is 47.5 Å². The molecule has 2 aliphatic rings. The first-order valence-electron chi connectivity index (χ1n) is 7.42. The second-order valence-electron chi connectivity index (χ2n) is 7.07. The van der Waals surface area contributed by atoms with Gasteiger partial charge in [-0.05, 0) is 53.4 Å². The molecule has 20 heavy (non-hydrogen) atoms. The first-order chi connectivity index (χ1) is 9.16. The minimum atomic E-state index is -0.704. The molecule has 0 radical (unpaired) electrons. The molecule has 1 aliphatic carbocycles. The van der Waals surface area contributed by atoms with Crippen molar-refractivity contribution in [2.24, 2.45) is 5.92 Å². The molecule has 0 aromatic carbocycles. The smallest absolute Gasteiger partial charge is 0.246 e. The fourth-order valence-corrected chi connectivity index (χ4v) is 2.83. The highest BCUT2D eigenvalue weighted by Gasteiger charge is 2.56. The van der Waals surface area contributed by atoms with Gasteiger partial charge in [0.2, 0.25) is 11.8 Å². The van der Waals surface area contributed by atoms with Crippen molar-refractivity contribution in [2.45, 2.75) is 64.6 Å². The highest BCUT2D eigenvalue weighted by atomic mass is 16.5. The molecule has 5 nitrogen and oxygen atoms in total. The summed E-state index contributed by atoms with van der Waals surface area (Å²) in [6.45, 7) is 10.5. The number of ether oxygens (including phenoxy) is 1. The van der Waals surface area contributed by atoms with Crippen molar-refractivity contribution in [3.05, 3.63) is 0 Å². The Morgan fingerprint density at radius 3 is 2.45 bits per heavy atom. The summed E-state index contributed by atoms with van der Waals surface area (Å²) in [7, 11) is 0.